The smallest absolute Gasteiger partial charge is 0.237 e. The maximum Gasteiger partial charge on any atom is 0.237 e. The van der Waals surface area contributed by atoms with E-state index in [9.17, 15) is 4.79 Å². The average molecular weight is 468 g/mol. The fourth-order valence-corrected chi connectivity index (χ4v) is 6.11. The lowest BCUT2D eigenvalue weighted by atomic mass is 9.63. The molecule has 1 amide bonds. The van der Waals surface area contributed by atoms with Crippen LogP contribution in [-0.4, -0.2) is 15.9 Å². The SMILES string of the molecule is CC(C)c1ccc(NC(=O)C23CCC(C)(c4nc5cc(Cl)c(Cl)cc5nc42)C3(C)C)cc1. The van der Waals surface area contributed by atoms with Crippen LogP contribution in [0.4, 0.5) is 5.69 Å². The molecule has 3 aromatic rings. The number of halogens is 2. The quantitative estimate of drug-likeness (QED) is 0.449. The minimum Gasteiger partial charge on any atom is -0.325 e. The second-order valence-corrected chi connectivity index (χ2v) is 11.1. The molecule has 1 fully saturated rings. The van der Waals surface area contributed by atoms with Gasteiger partial charge in [-0.25, -0.2) is 9.97 Å². The first-order valence-corrected chi connectivity index (χ1v) is 11.9. The van der Waals surface area contributed by atoms with Gasteiger partial charge in [-0.05, 0) is 54.0 Å². The number of fused-ring (bicyclic) bond motifs is 6. The van der Waals surface area contributed by atoms with Crippen LogP contribution in [0.2, 0.25) is 10.0 Å². The number of hydrogen-bond acceptors (Lipinski definition) is 3. The lowest BCUT2D eigenvalue weighted by Gasteiger charge is -2.39. The van der Waals surface area contributed by atoms with Gasteiger partial charge in [-0.3, -0.25) is 4.79 Å². The van der Waals surface area contributed by atoms with Crippen LogP contribution < -0.4 is 5.32 Å². The summed E-state index contributed by atoms with van der Waals surface area (Å²) in [5.74, 6) is 0.425. The monoisotopic (exact) mass is 467 g/mol. The Kier molecular flexibility index (Phi) is 4.68. The summed E-state index contributed by atoms with van der Waals surface area (Å²) in [5, 5.41) is 4.09. The van der Waals surface area contributed by atoms with Crippen LogP contribution in [0.1, 0.15) is 70.3 Å². The minimum absolute atomic E-state index is 0.0176. The summed E-state index contributed by atoms with van der Waals surface area (Å²) >= 11 is 12.5. The van der Waals surface area contributed by atoms with Gasteiger partial charge in [-0.15, -0.1) is 0 Å². The van der Waals surface area contributed by atoms with E-state index in [4.69, 9.17) is 33.2 Å². The van der Waals surface area contributed by atoms with E-state index >= 15 is 0 Å². The molecule has 2 aliphatic rings. The fraction of sp³-hybridized carbons (Fsp3) is 0.423. The number of aromatic nitrogens is 2. The van der Waals surface area contributed by atoms with Gasteiger partial charge in [0.1, 0.15) is 0 Å². The van der Waals surface area contributed by atoms with Crippen molar-refractivity contribution in [1.29, 1.82) is 0 Å². The molecule has 0 radical (unpaired) electrons. The van der Waals surface area contributed by atoms with Crippen LogP contribution >= 0.6 is 23.2 Å². The molecule has 1 aromatic heterocycles. The van der Waals surface area contributed by atoms with Gasteiger partial charge in [0.15, 0.2) is 0 Å². The van der Waals surface area contributed by atoms with Crippen LogP contribution in [0.5, 0.6) is 0 Å². The van der Waals surface area contributed by atoms with E-state index in [1.807, 2.05) is 12.1 Å². The zero-order valence-electron chi connectivity index (χ0n) is 19.0. The molecule has 2 bridgehead atoms. The number of nitrogens with zero attached hydrogens (tertiary/aromatic N) is 2. The highest BCUT2D eigenvalue weighted by Crippen LogP contribution is 2.70. The van der Waals surface area contributed by atoms with E-state index in [1.54, 1.807) is 12.1 Å². The van der Waals surface area contributed by atoms with Crippen molar-refractivity contribution < 1.29 is 4.79 Å². The predicted molar refractivity (Wildman–Crippen MR) is 131 cm³/mol. The number of amides is 1. The van der Waals surface area contributed by atoms with Crippen LogP contribution in [0.25, 0.3) is 11.0 Å². The largest absolute Gasteiger partial charge is 0.325 e. The number of rotatable bonds is 3. The summed E-state index contributed by atoms with van der Waals surface area (Å²) < 4.78 is 0. The normalized spacial score (nSPS) is 25.4. The molecule has 0 saturated heterocycles. The average Bonchev–Trinajstić information content (AvgIpc) is 3.03. The predicted octanol–water partition coefficient (Wildman–Crippen LogP) is 7.03. The lowest BCUT2D eigenvalue weighted by molar-refractivity contribution is -0.125. The highest BCUT2D eigenvalue weighted by molar-refractivity contribution is 6.42. The number of carbonyl (C=O) groups is 1. The third-order valence-corrected chi connectivity index (χ3v) is 9.02. The molecule has 32 heavy (non-hydrogen) atoms. The summed E-state index contributed by atoms with van der Waals surface area (Å²) in [5.41, 5.74) is 3.74. The summed E-state index contributed by atoms with van der Waals surface area (Å²) in [6, 6.07) is 11.6. The van der Waals surface area contributed by atoms with Gasteiger partial charge >= 0.3 is 0 Å². The number of benzene rings is 2. The molecule has 2 aliphatic carbocycles. The van der Waals surface area contributed by atoms with Gasteiger partial charge in [0.2, 0.25) is 5.91 Å². The van der Waals surface area contributed by atoms with Gasteiger partial charge in [0.25, 0.3) is 0 Å². The molecule has 1 heterocycles. The Balaban J connectivity index is 1.64. The first kappa shape index (κ1) is 21.7. The van der Waals surface area contributed by atoms with E-state index in [-0.39, 0.29) is 16.7 Å². The second-order valence-electron chi connectivity index (χ2n) is 10.3. The van der Waals surface area contributed by atoms with Gasteiger partial charge < -0.3 is 5.32 Å². The molecule has 4 nitrogen and oxygen atoms in total. The zero-order valence-corrected chi connectivity index (χ0v) is 20.5. The molecule has 1 saturated carbocycles. The summed E-state index contributed by atoms with van der Waals surface area (Å²) in [4.78, 5) is 23.9. The molecular weight excluding hydrogens is 441 g/mol. The molecule has 2 atom stereocenters. The Morgan fingerprint density at radius 1 is 0.938 bits per heavy atom. The van der Waals surface area contributed by atoms with Crippen LogP contribution in [0.3, 0.4) is 0 Å². The van der Waals surface area contributed by atoms with Crippen molar-refractivity contribution >= 4 is 45.8 Å². The molecule has 2 unspecified atom stereocenters. The lowest BCUT2D eigenvalue weighted by Crippen LogP contribution is -2.48. The summed E-state index contributed by atoms with van der Waals surface area (Å²) in [7, 11) is 0. The number of anilines is 1. The zero-order chi connectivity index (χ0) is 23.1. The fourth-order valence-electron chi connectivity index (χ4n) is 5.79. The van der Waals surface area contributed by atoms with Gasteiger partial charge in [-0.1, -0.05) is 70.0 Å². The number of nitrogens with one attached hydrogen (secondary N) is 1. The molecule has 5 rings (SSSR count). The van der Waals surface area contributed by atoms with Crippen LogP contribution in [0.15, 0.2) is 36.4 Å². The molecule has 0 spiro atoms. The molecule has 6 heteroatoms. The summed E-state index contributed by atoms with van der Waals surface area (Å²) in [6.07, 6.45) is 1.62. The van der Waals surface area contributed by atoms with E-state index < -0.39 is 5.41 Å². The topological polar surface area (TPSA) is 54.9 Å². The van der Waals surface area contributed by atoms with Crippen molar-refractivity contribution in [1.82, 2.24) is 9.97 Å². The van der Waals surface area contributed by atoms with Crippen molar-refractivity contribution in [2.75, 3.05) is 5.32 Å². The minimum atomic E-state index is -0.763. The first-order chi connectivity index (χ1) is 15.0. The van der Waals surface area contributed by atoms with Gasteiger partial charge in [-0.2, -0.15) is 0 Å². The van der Waals surface area contributed by atoms with Crippen molar-refractivity contribution in [2.45, 2.75) is 64.2 Å². The second kappa shape index (κ2) is 6.91. The highest BCUT2D eigenvalue weighted by Gasteiger charge is 2.73. The number of carbonyl (C=O) groups excluding carboxylic acids is 1. The van der Waals surface area contributed by atoms with Gasteiger partial charge in [0.05, 0.1) is 37.9 Å². The molecule has 0 aliphatic heterocycles. The Bertz CT molecular complexity index is 1270. The first-order valence-electron chi connectivity index (χ1n) is 11.1. The molecule has 2 aromatic carbocycles. The molecule has 1 N–H and O–H groups in total. The van der Waals surface area contributed by atoms with Crippen LogP contribution in [-0.2, 0) is 15.6 Å². The van der Waals surface area contributed by atoms with Crippen molar-refractivity contribution in [3.63, 3.8) is 0 Å². The molecular formula is C26H27Cl2N3O. The van der Waals surface area contributed by atoms with Crippen LogP contribution in [0, 0.1) is 5.41 Å². The van der Waals surface area contributed by atoms with Crippen molar-refractivity contribution in [3.8, 4) is 0 Å². The third-order valence-electron chi connectivity index (χ3n) is 8.30. The highest BCUT2D eigenvalue weighted by atomic mass is 35.5. The van der Waals surface area contributed by atoms with Gasteiger partial charge in [0, 0.05) is 11.1 Å². The van der Waals surface area contributed by atoms with E-state index in [0.29, 0.717) is 27.0 Å². The Hall–Kier alpha value is -2.17. The maximum absolute atomic E-state index is 14.0. The Morgan fingerprint density at radius 3 is 2.06 bits per heavy atom. The maximum atomic E-state index is 14.0. The van der Waals surface area contributed by atoms with Crippen molar-refractivity contribution in [3.05, 3.63) is 63.4 Å². The Labute approximate surface area is 198 Å². The van der Waals surface area contributed by atoms with Crippen molar-refractivity contribution in [2.24, 2.45) is 5.41 Å². The molecule has 166 valence electrons. The van der Waals surface area contributed by atoms with E-state index in [2.05, 4.69) is 52.1 Å². The van der Waals surface area contributed by atoms with E-state index in [1.165, 1.54) is 5.56 Å². The number of hydrogen-bond donors (Lipinski definition) is 1. The standard InChI is InChI=1S/C26H27Cl2N3O/c1-14(2)15-6-8-16(9-7-15)29-23(32)26-11-10-25(5,24(26,3)4)21-22(26)31-20-13-18(28)17(27)12-19(20)30-21/h6-9,12-14H,10-11H2,1-5H3,(H,29,32). The third kappa shape index (κ3) is 2.66. The summed E-state index contributed by atoms with van der Waals surface area (Å²) in [6.45, 7) is 10.9. The van der Waals surface area contributed by atoms with E-state index in [0.717, 1.165) is 29.9 Å². The Morgan fingerprint density at radius 2 is 1.50 bits per heavy atom.